The minimum atomic E-state index is -3.36. The summed E-state index contributed by atoms with van der Waals surface area (Å²) >= 11 is 1.10. The highest BCUT2D eigenvalue weighted by molar-refractivity contribution is 7.91. The van der Waals surface area contributed by atoms with Crippen LogP contribution < -0.4 is 4.72 Å². The topological polar surface area (TPSA) is 66.4 Å². The van der Waals surface area contributed by atoms with E-state index in [1.165, 1.54) is 6.07 Å². The SMILES string of the molecule is CCCCNS(=O)(=O)c1ccc(CO)s1. The summed E-state index contributed by atoms with van der Waals surface area (Å²) in [6.45, 7) is 2.35. The number of hydrogen-bond acceptors (Lipinski definition) is 4. The second-order valence-electron chi connectivity index (χ2n) is 3.13. The highest BCUT2D eigenvalue weighted by Gasteiger charge is 2.15. The first-order chi connectivity index (χ1) is 7.10. The zero-order valence-corrected chi connectivity index (χ0v) is 10.2. The van der Waals surface area contributed by atoms with E-state index in [1.54, 1.807) is 6.07 Å². The summed E-state index contributed by atoms with van der Waals surface area (Å²) in [6, 6.07) is 3.14. The Morgan fingerprint density at radius 3 is 2.73 bits per heavy atom. The summed E-state index contributed by atoms with van der Waals surface area (Å²) < 4.78 is 26.1. The van der Waals surface area contributed by atoms with Crippen LogP contribution in [0.5, 0.6) is 0 Å². The van der Waals surface area contributed by atoms with Gasteiger partial charge in [0.1, 0.15) is 4.21 Å². The average molecular weight is 249 g/mol. The molecule has 0 bridgehead atoms. The third-order valence-corrected chi connectivity index (χ3v) is 4.90. The van der Waals surface area contributed by atoms with E-state index in [4.69, 9.17) is 5.11 Å². The quantitative estimate of drug-likeness (QED) is 0.747. The summed E-state index contributed by atoms with van der Waals surface area (Å²) in [4.78, 5) is 0.658. The normalized spacial score (nSPS) is 11.9. The molecule has 0 aliphatic rings. The average Bonchev–Trinajstić information content (AvgIpc) is 2.66. The highest BCUT2D eigenvalue weighted by Crippen LogP contribution is 2.21. The van der Waals surface area contributed by atoms with Gasteiger partial charge in [0.25, 0.3) is 0 Å². The van der Waals surface area contributed by atoms with Crippen molar-refractivity contribution in [2.45, 2.75) is 30.6 Å². The molecule has 1 aromatic heterocycles. The molecule has 4 nitrogen and oxygen atoms in total. The maximum absolute atomic E-state index is 11.7. The minimum Gasteiger partial charge on any atom is -0.391 e. The van der Waals surface area contributed by atoms with Gasteiger partial charge in [-0.15, -0.1) is 11.3 Å². The monoisotopic (exact) mass is 249 g/mol. The number of aliphatic hydroxyl groups excluding tert-OH is 1. The molecule has 0 saturated heterocycles. The molecule has 0 atom stereocenters. The molecule has 0 aliphatic carbocycles. The lowest BCUT2D eigenvalue weighted by Gasteiger charge is -2.02. The van der Waals surface area contributed by atoms with Crippen molar-refractivity contribution < 1.29 is 13.5 Å². The fourth-order valence-corrected chi connectivity index (χ4v) is 3.38. The van der Waals surface area contributed by atoms with E-state index in [-0.39, 0.29) is 10.8 Å². The van der Waals surface area contributed by atoms with Gasteiger partial charge in [-0.05, 0) is 18.6 Å². The summed E-state index contributed by atoms with van der Waals surface area (Å²) in [5, 5.41) is 8.83. The molecule has 1 aromatic rings. The van der Waals surface area contributed by atoms with Crippen LogP contribution in [0.2, 0.25) is 0 Å². The fourth-order valence-electron chi connectivity index (χ4n) is 1.04. The van der Waals surface area contributed by atoms with E-state index >= 15 is 0 Å². The Morgan fingerprint density at radius 1 is 1.47 bits per heavy atom. The Hall–Kier alpha value is -0.430. The first-order valence-electron chi connectivity index (χ1n) is 4.79. The number of sulfonamides is 1. The molecule has 1 heterocycles. The van der Waals surface area contributed by atoms with Crippen LogP contribution in [0.1, 0.15) is 24.6 Å². The largest absolute Gasteiger partial charge is 0.391 e. The third kappa shape index (κ3) is 3.57. The molecule has 15 heavy (non-hydrogen) atoms. The molecule has 0 spiro atoms. The van der Waals surface area contributed by atoms with Gasteiger partial charge >= 0.3 is 0 Å². The smallest absolute Gasteiger partial charge is 0.250 e. The Labute approximate surface area is 94.0 Å². The van der Waals surface area contributed by atoms with Gasteiger partial charge in [0.05, 0.1) is 6.61 Å². The molecule has 0 fully saturated rings. The zero-order chi connectivity index (χ0) is 11.3. The minimum absolute atomic E-state index is 0.116. The fraction of sp³-hybridized carbons (Fsp3) is 0.556. The van der Waals surface area contributed by atoms with Gasteiger partial charge in [0, 0.05) is 11.4 Å². The summed E-state index contributed by atoms with van der Waals surface area (Å²) in [5.41, 5.74) is 0. The molecule has 86 valence electrons. The van der Waals surface area contributed by atoms with E-state index in [2.05, 4.69) is 4.72 Å². The number of thiophene rings is 1. The molecular formula is C9H15NO3S2. The van der Waals surface area contributed by atoms with Crippen LogP contribution in [0.4, 0.5) is 0 Å². The van der Waals surface area contributed by atoms with Crippen LogP contribution in [0.15, 0.2) is 16.3 Å². The number of hydrogen-bond donors (Lipinski definition) is 2. The third-order valence-electron chi connectivity index (χ3n) is 1.88. The lowest BCUT2D eigenvalue weighted by atomic mass is 10.3. The molecule has 0 aliphatic heterocycles. The van der Waals surface area contributed by atoms with Gasteiger partial charge < -0.3 is 5.11 Å². The van der Waals surface area contributed by atoms with Crippen LogP contribution in [0.3, 0.4) is 0 Å². The van der Waals surface area contributed by atoms with Crippen LogP contribution in [-0.4, -0.2) is 20.1 Å². The highest BCUT2D eigenvalue weighted by atomic mass is 32.2. The summed E-state index contributed by atoms with van der Waals surface area (Å²) in [6.07, 6.45) is 1.78. The van der Waals surface area contributed by atoms with Crippen molar-refractivity contribution in [3.05, 3.63) is 17.0 Å². The molecular weight excluding hydrogens is 234 g/mol. The molecule has 6 heteroatoms. The van der Waals surface area contributed by atoms with Crippen LogP contribution in [0.25, 0.3) is 0 Å². The van der Waals surface area contributed by atoms with Crippen LogP contribution >= 0.6 is 11.3 Å². The van der Waals surface area contributed by atoms with E-state index in [1.807, 2.05) is 6.92 Å². The maximum atomic E-state index is 11.7. The van der Waals surface area contributed by atoms with Crippen molar-refractivity contribution in [2.75, 3.05) is 6.54 Å². The van der Waals surface area contributed by atoms with Gasteiger partial charge in [-0.3, -0.25) is 0 Å². The molecule has 0 amide bonds. The number of aliphatic hydroxyl groups is 1. The van der Waals surface area contributed by atoms with E-state index in [9.17, 15) is 8.42 Å². The molecule has 1 rings (SSSR count). The van der Waals surface area contributed by atoms with Crippen LogP contribution in [-0.2, 0) is 16.6 Å². The number of nitrogens with one attached hydrogen (secondary N) is 1. The van der Waals surface area contributed by atoms with Crippen molar-refractivity contribution in [1.82, 2.24) is 4.72 Å². The lowest BCUT2D eigenvalue weighted by Crippen LogP contribution is -2.23. The van der Waals surface area contributed by atoms with Crippen molar-refractivity contribution in [3.8, 4) is 0 Å². The Kier molecular flexibility index (Phi) is 4.72. The van der Waals surface area contributed by atoms with Crippen molar-refractivity contribution in [3.63, 3.8) is 0 Å². The standard InChI is InChI=1S/C9H15NO3S2/c1-2-3-6-10-15(12,13)9-5-4-8(7-11)14-9/h4-5,10-11H,2-3,6-7H2,1H3. The number of rotatable bonds is 6. The van der Waals surface area contributed by atoms with Crippen molar-refractivity contribution in [2.24, 2.45) is 0 Å². The molecule has 0 saturated carbocycles. The predicted molar refractivity (Wildman–Crippen MR) is 60.3 cm³/mol. The van der Waals surface area contributed by atoms with Gasteiger partial charge in [0.2, 0.25) is 10.0 Å². The number of unbranched alkanes of at least 4 members (excludes halogenated alkanes) is 1. The molecule has 0 aromatic carbocycles. The van der Waals surface area contributed by atoms with Gasteiger partial charge in [-0.25, -0.2) is 13.1 Å². The first kappa shape index (κ1) is 12.6. The van der Waals surface area contributed by atoms with E-state index < -0.39 is 10.0 Å². The second-order valence-corrected chi connectivity index (χ2v) is 6.29. The Morgan fingerprint density at radius 2 is 2.20 bits per heavy atom. The first-order valence-corrected chi connectivity index (χ1v) is 7.09. The van der Waals surface area contributed by atoms with E-state index in [0.717, 1.165) is 24.2 Å². The maximum Gasteiger partial charge on any atom is 0.250 e. The molecule has 0 radical (unpaired) electrons. The zero-order valence-electron chi connectivity index (χ0n) is 8.56. The lowest BCUT2D eigenvalue weighted by molar-refractivity contribution is 0.285. The summed E-state index contributed by atoms with van der Waals surface area (Å²) in [5.74, 6) is 0. The van der Waals surface area contributed by atoms with Gasteiger partial charge in [-0.1, -0.05) is 13.3 Å². The molecule has 0 unspecified atom stereocenters. The van der Waals surface area contributed by atoms with Crippen molar-refractivity contribution >= 4 is 21.4 Å². The van der Waals surface area contributed by atoms with E-state index in [0.29, 0.717) is 11.4 Å². The van der Waals surface area contributed by atoms with Crippen LogP contribution in [0, 0.1) is 0 Å². The van der Waals surface area contributed by atoms with Gasteiger partial charge in [0.15, 0.2) is 0 Å². The Bertz CT molecular complexity index is 397. The second kappa shape index (κ2) is 5.60. The summed E-state index contributed by atoms with van der Waals surface area (Å²) in [7, 11) is -3.36. The predicted octanol–water partition coefficient (Wildman–Crippen LogP) is 1.32. The van der Waals surface area contributed by atoms with Gasteiger partial charge in [-0.2, -0.15) is 0 Å². The Balaban J connectivity index is 2.68. The van der Waals surface area contributed by atoms with Crippen molar-refractivity contribution in [1.29, 1.82) is 0 Å². The molecule has 2 N–H and O–H groups in total.